The van der Waals surface area contributed by atoms with Crippen molar-refractivity contribution in [2.24, 2.45) is 5.28 Å². The summed E-state index contributed by atoms with van der Waals surface area (Å²) in [6.45, 7) is 1.98. The van der Waals surface area contributed by atoms with Crippen molar-refractivity contribution < 1.29 is 24.6 Å². The predicted octanol–water partition coefficient (Wildman–Crippen LogP) is -1.11. The van der Waals surface area contributed by atoms with Gasteiger partial charge in [0.05, 0.1) is 0 Å². The molecule has 0 saturated carbocycles. The first-order chi connectivity index (χ1) is 6.22. The first-order valence-corrected chi connectivity index (χ1v) is 5.91. The molecule has 0 radical (unpaired) electrons. The van der Waals surface area contributed by atoms with Crippen LogP contribution >= 0.6 is 0 Å². The summed E-state index contributed by atoms with van der Waals surface area (Å²) >= 11 is -0.905. The summed E-state index contributed by atoms with van der Waals surface area (Å²) in [7, 11) is 0. The molecule has 72 valence electrons. The molecule has 1 aliphatic rings. The zero-order chi connectivity index (χ0) is 9.68. The van der Waals surface area contributed by atoms with Crippen molar-refractivity contribution in [2.75, 3.05) is 0 Å². The first-order valence-electron chi connectivity index (χ1n) is 3.70. The summed E-state index contributed by atoms with van der Waals surface area (Å²) in [6.07, 6.45) is 9.65. The topological polar surface area (TPSA) is 61.5 Å². The number of halogens is 1. The molecule has 0 amide bonds. The average molecular weight is 292 g/mol. The van der Waals surface area contributed by atoms with Gasteiger partial charge < -0.3 is 0 Å². The third-order valence-corrected chi connectivity index (χ3v) is 3.58. The van der Waals surface area contributed by atoms with Crippen LogP contribution in [-0.4, -0.2) is 7.00 Å². The summed E-state index contributed by atoms with van der Waals surface area (Å²) < 4.78 is 0.335. The Kier molecular flexibility index (Phi) is 3.94. The second-order valence-electron chi connectivity index (χ2n) is 2.50. The molecule has 1 atom stereocenters. The summed E-state index contributed by atoms with van der Waals surface area (Å²) in [5, 5.41) is 22.9. The second-order valence-corrected chi connectivity index (χ2v) is 5.33. The van der Waals surface area contributed by atoms with E-state index >= 15 is 0 Å². The summed E-state index contributed by atoms with van der Waals surface area (Å²) in [4.78, 5) is 0. The fourth-order valence-electron chi connectivity index (χ4n) is 0.856. The van der Waals surface area contributed by atoms with Gasteiger partial charge in [-0.2, -0.15) is 0 Å². The Morgan fingerprint density at radius 1 is 1.54 bits per heavy atom. The second kappa shape index (κ2) is 5.00. The van der Waals surface area contributed by atoms with E-state index in [0.29, 0.717) is 0 Å². The molecular weight excluding hydrogens is 283 g/mol. The van der Waals surface area contributed by atoms with Crippen molar-refractivity contribution in [1.82, 2.24) is 0 Å². The number of nitrogens with zero attached hydrogens (tertiary/aromatic N) is 2. The molecule has 5 heteroatoms. The van der Waals surface area contributed by atoms with Crippen LogP contribution < -0.4 is 21.5 Å². The Hall–Kier alpha value is -0.850. The summed E-state index contributed by atoms with van der Waals surface area (Å²) in [5.41, 5.74) is 1.14. The normalized spacial score (nSPS) is 23.0. The molecule has 0 spiro atoms. The Bertz CT molecular complexity index is 295. The van der Waals surface area contributed by atoms with E-state index in [9.17, 15) is 10.4 Å². The third-order valence-electron chi connectivity index (χ3n) is 1.46. The van der Waals surface area contributed by atoms with E-state index in [1.54, 1.807) is 0 Å². The minimum atomic E-state index is -0.905. The molecule has 0 fully saturated rings. The number of alkyl halides is 1. The van der Waals surface area contributed by atoms with Gasteiger partial charge in [0.1, 0.15) is 0 Å². The Balaban J connectivity index is 2.60. The number of hydrogen-bond acceptors (Lipinski definition) is 3. The summed E-state index contributed by atoms with van der Waals surface area (Å²) in [6, 6.07) is 0. The zero-order valence-corrected chi connectivity index (χ0v) is 9.21. The summed E-state index contributed by atoms with van der Waals surface area (Å²) in [5.74, 6) is 0. The molecule has 0 bridgehead atoms. The minimum absolute atomic E-state index is 0.0719. The molecule has 1 rings (SSSR count). The van der Waals surface area contributed by atoms with Crippen molar-refractivity contribution in [2.45, 2.75) is 10.8 Å². The molecule has 0 heterocycles. The SMILES string of the molecule is CC1=CC=CC([I-][N+]([O-])=N[O-])C=C1. The van der Waals surface area contributed by atoms with Crippen molar-refractivity contribution in [3.63, 3.8) is 0 Å². The molecule has 0 aromatic rings. The van der Waals surface area contributed by atoms with Gasteiger partial charge in [0.15, 0.2) is 0 Å². The predicted molar refractivity (Wildman–Crippen MR) is 45.2 cm³/mol. The van der Waals surface area contributed by atoms with Crippen LogP contribution in [0, 0.1) is 10.4 Å². The van der Waals surface area contributed by atoms with Crippen LogP contribution in [0.3, 0.4) is 0 Å². The maximum atomic E-state index is 10.7. The van der Waals surface area contributed by atoms with Crippen molar-refractivity contribution in [3.8, 4) is 0 Å². The first kappa shape index (κ1) is 10.2. The van der Waals surface area contributed by atoms with Gasteiger partial charge >= 0.3 is 87.0 Å². The molecule has 0 aromatic carbocycles. The van der Waals surface area contributed by atoms with Crippen LogP contribution in [0.5, 0.6) is 0 Å². The molecule has 4 nitrogen and oxygen atoms in total. The standard InChI is InChI=1S/C8H10IN2O2/c1-7-3-2-4-8(6-5-7)9-11(13)10-12/h2-6,8,12H,1H3/q-1/p-1. The van der Waals surface area contributed by atoms with Crippen molar-refractivity contribution in [1.29, 1.82) is 0 Å². The Morgan fingerprint density at radius 3 is 3.00 bits per heavy atom. The fraction of sp³-hybridized carbons (Fsp3) is 0.250. The Morgan fingerprint density at radius 2 is 2.31 bits per heavy atom. The van der Waals surface area contributed by atoms with E-state index in [1.165, 1.54) is 0 Å². The molecule has 13 heavy (non-hydrogen) atoms. The average Bonchev–Trinajstić information content (AvgIpc) is 2.31. The molecule has 0 N–H and O–H groups in total. The Labute approximate surface area is 87.1 Å². The monoisotopic (exact) mass is 292 g/mol. The van der Waals surface area contributed by atoms with Crippen molar-refractivity contribution in [3.05, 3.63) is 46.4 Å². The van der Waals surface area contributed by atoms with Crippen LogP contribution in [-0.2, 0) is 0 Å². The molecule has 0 saturated heterocycles. The van der Waals surface area contributed by atoms with Gasteiger partial charge in [-0.15, -0.1) is 0 Å². The van der Waals surface area contributed by atoms with Gasteiger partial charge in [-0.3, -0.25) is 0 Å². The van der Waals surface area contributed by atoms with Crippen LogP contribution in [0.2, 0.25) is 0 Å². The maximum absolute atomic E-state index is 10.7. The van der Waals surface area contributed by atoms with Gasteiger partial charge in [-0.25, -0.2) is 0 Å². The number of hydrogen-bond donors (Lipinski definition) is 0. The van der Waals surface area contributed by atoms with Gasteiger partial charge in [0, 0.05) is 0 Å². The van der Waals surface area contributed by atoms with Crippen molar-refractivity contribution >= 4 is 0 Å². The van der Waals surface area contributed by atoms with Gasteiger partial charge in [0.2, 0.25) is 0 Å². The van der Waals surface area contributed by atoms with Gasteiger partial charge in [0.25, 0.3) is 0 Å². The van der Waals surface area contributed by atoms with E-state index in [-0.39, 0.29) is 7.00 Å². The molecular formula is C8H9IN2O2-2. The van der Waals surface area contributed by atoms with Gasteiger partial charge in [-0.05, 0) is 0 Å². The molecule has 1 unspecified atom stereocenters. The number of rotatable bonds is 2. The fourth-order valence-corrected chi connectivity index (χ4v) is 2.33. The number of allylic oxidation sites excluding steroid dienone is 6. The van der Waals surface area contributed by atoms with E-state index in [4.69, 9.17) is 0 Å². The molecule has 0 aliphatic heterocycles. The molecule has 0 aromatic heterocycles. The van der Waals surface area contributed by atoms with Crippen LogP contribution in [0.4, 0.5) is 0 Å². The van der Waals surface area contributed by atoms with E-state index in [2.05, 4.69) is 5.28 Å². The quantitative estimate of drug-likeness (QED) is 0.213. The van der Waals surface area contributed by atoms with E-state index < -0.39 is 21.5 Å². The van der Waals surface area contributed by atoms with Crippen LogP contribution in [0.15, 0.2) is 41.2 Å². The van der Waals surface area contributed by atoms with E-state index in [1.807, 2.05) is 37.3 Å². The molecule has 1 aliphatic carbocycles. The van der Waals surface area contributed by atoms with E-state index in [0.717, 1.165) is 5.57 Å². The van der Waals surface area contributed by atoms with Crippen LogP contribution in [0.1, 0.15) is 6.92 Å². The van der Waals surface area contributed by atoms with Crippen LogP contribution in [0.25, 0.3) is 0 Å². The third kappa shape index (κ3) is 3.58. The zero-order valence-electron chi connectivity index (χ0n) is 7.05. The van der Waals surface area contributed by atoms with Gasteiger partial charge in [-0.1, -0.05) is 0 Å².